The van der Waals surface area contributed by atoms with Crippen molar-refractivity contribution in [3.8, 4) is 6.07 Å². The van der Waals surface area contributed by atoms with E-state index in [1.807, 2.05) is 0 Å². The zero-order chi connectivity index (χ0) is 16.7. The molecule has 1 unspecified atom stereocenters. The molecule has 0 spiro atoms. The molecule has 2 amide bonds. The Labute approximate surface area is 126 Å². The zero-order valence-corrected chi connectivity index (χ0v) is 11.7. The van der Waals surface area contributed by atoms with E-state index in [1.165, 1.54) is 19.1 Å². The highest BCUT2D eigenvalue weighted by molar-refractivity contribution is 6.02. The molecule has 0 aromatic heterocycles. The predicted molar refractivity (Wildman–Crippen MR) is 77.3 cm³/mol. The number of nitrogen functional groups attached to an aromatic ring is 1. The standard InChI is InChI=1S/C14H14N4O4/c1-8(14(21)22)18-12(19)9(6-15)7-17-13(20)10-4-2-3-5-11(10)16/h2-5,7-8H,16H2,1H3,(H,17,20)(H,18,19)(H,21,22)/b9-7-. The van der Waals surface area contributed by atoms with Crippen molar-refractivity contribution in [2.24, 2.45) is 0 Å². The van der Waals surface area contributed by atoms with E-state index in [0.717, 1.165) is 6.20 Å². The molecule has 5 N–H and O–H groups in total. The molecule has 0 saturated carbocycles. The molecule has 0 heterocycles. The van der Waals surface area contributed by atoms with Gasteiger partial charge in [0, 0.05) is 11.9 Å². The molecule has 114 valence electrons. The van der Waals surface area contributed by atoms with Crippen LogP contribution in [0.25, 0.3) is 0 Å². The van der Waals surface area contributed by atoms with Crippen LogP contribution in [0.2, 0.25) is 0 Å². The molecule has 8 nitrogen and oxygen atoms in total. The Bertz CT molecular complexity index is 676. The molecule has 0 bridgehead atoms. The van der Waals surface area contributed by atoms with Crippen LogP contribution in [0.15, 0.2) is 36.0 Å². The number of para-hydroxylation sites is 1. The number of amides is 2. The van der Waals surface area contributed by atoms with Crippen LogP contribution in [0, 0.1) is 11.3 Å². The Morgan fingerprint density at radius 2 is 2.00 bits per heavy atom. The van der Waals surface area contributed by atoms with Crippen LogP contribution in [0.1, 0.15) is 17.3 Å². The molecule has 0 aliphatic carbocycles. The lowest BCUT2D eigenvalue weighted by Gasteiger charge is -2.08. The van der Waals surface area contributed by atoms with E-state index < -0.39 is 29.4 Å². The quantitative estimate of drug-likeness (QED) is 0.342. The molecule has 1 aromatic rings. The molecule has 8 heteroatoms. The van der Waals surface area contributed by atoms with Crippen molar-refractivity contribution >= 4 is 23.5 Å². The number of aliphatic carboxylic acids is 1. The molecule has 0 saturated heterocycles. The van der Waals surface area contributed by atoms with Gasteiger partial charge in [-0.2, -0.15) is 5.26 Å². The first-order chi connectivity index (χ1) is 10.4. The van der Waals surface area contributed by atoms with Gasteiger partial charge in [0.05, 0.1) is 5.56 Å². The molecular weight excluding hydrogens is 288 g/mol. The van der Waals surface area contributed by atoms with Crippen molar-refractivity contribution in [1.82, 2.24) is 10.6 Å². The third-order valence-electron chi connectivity index (χ3n) is 2.64. The minimum Gasteiger partial charge on any atom is -0.480 e. The number of carboxylic acids is 1. The van der Waals surface area contributed by atoms with Crippen molar-refractivity contribution in [1.29, 1.82) is 5.26 Å². The highest BCUT2D eigenvalue weighted by Crippen LogP contribution is 2.09. The third kappa shape index (κ3) is 4.35. The number of carboxylic acid groups (broad SMARTS) is 1. The van der Waals surface area contributed by atoms with Crippen molar-refractivity contribution in [2.75, 3.05) is 5.73 Å². The second-order valence-electron chi connectivity index (χ2n) is 4.26. The van der Waals surface area contributed by atoms with Crippen LogP contribution in [-0.4, -0.2) is 28.9 Å². The number of anilines is 1. The maximum Gasteiger partial charge on any atom is 0.325 e. The number of hydrogen-bond acceptors (Lipinski definition) is 5. The Morgan fingerprint density at radius 3 is 2.55 bits per heavy atom. The van der Waals surface area contributed by atoms with Crippen LogP contribution in [-0.2, 0) is 9.59 Å². The summed E-state index contributed by atoms with van der Waals surface area (Å²) in [5.41, 5.74) is 5.63. The molecule has 1 atom stereocenters. The van der Waals surface area contributed by atoms with Gasteiger partial charge in [0.25, 0.3) is 11.8 Å². The van der Waals surface area contributed by atoms with Gasteiger partial charge < -0.3 is 21.5 Å². The van der Waals surface area contributed by atoms with Crippen LogP contribution in [0.4, 0.5) is 5.69 Å². The second kappa shape index (κ2) is 7.44. The average molecular weight is 302 g/mol. The van der Waals surface area contributed by atoms with Gasteiger partial charge in [-0.1, -0.05) is 12.1 Å². The monoisotopic (exact) mass is 302 g/mol. The third-order valence-corrected chi connectivity index (χ3v) is 2.64. The molecule has 0 radical (unpaired) electrons. The number of nitrogens with zero attached hydrogens (tertiary/aromatic N) is 1. The van der Waals surface area contributed by atoms with Crippen molar-refractivity contribution < 1.29 is 19.5 Å². The van der Waals surface area contributed by atoms with Gasteiger partial charge in [-0.15, -0.1) is 0 Å². The Kier molecular flexibility index (Phi) is 5.66. The summed E-state index contributed by atoms with van der Waals surface area (Å²) in [6.07, 6.45) is 0.901. The van der Waals surface area contributed by atoms with E-state index in [9.17, 15) is 14.4 Å². The molecule has 0 aliphatic rings. The summed E-state index contributed by atoms with van der Waals surface area (Å²) in [5.74, 6) is -2.74. The number of nitrogens with two attached hydrogens (primary N) is 1. The lowest BCUT2D eigenvalue weighted by atomic mass is 10.1. The number of hydrogen-bond donors (Lipinski definition) is 4. The van der Waals surface area contributed by atoms with Gasteiger partial charge in [-0.05, 0) is 19.1 Å². The van der Waals surface area contributed by atoms with Crippen LogP contribution in [0.5, 0.6) is 0 Å². The number of nitriles is 1. The average Bonchev–Trinajstić information content (AvgIpc) is 2.47. The van der Waals surface area contributed by atoms with Crippen molar-refractivity contribution in [3.05, 3.63) is 41.6 Å². The van der Waals surface area contributed by atoms with Crippen molar-refractivity contribution in [3.63, 3.8) is 0 Å². The highest BCUT2D eigenvalue weighted by atomic mass is 16.4. The number of nitrogens with one attached hydrogen (secondary N) is 2. The summed E-state index contributed by atoms with van der Waals surface area (Å²) in [6, 6.07) is 6.70. The normalized spacial score (nSPS) is 11.9. The first kappa shape index (κ1) is 16.7. The Morgan fingerprint density at radius 1 is 1.36 bits per heavy atom. The van der Waals surface area contributed by atoms with Crippen molar-refractivity contribution in [2.45, 2.75) is 13.0 Å². The molecule has 1 aromatic carbocycles. The van der Waals surface area contributed by atoms with Gasteiger partial charge in [0.1, 0.15) is 17.7 Å². The van der Waals surface area contributed by atoms with Crippen LogP contribution < -0.4 is 16.4 Å². The fourth-order valence-corrected chi connectivity index (χ4v) is 1.40. The van der Waals surface area contributed by atoms with E-state index in [0.29, 0.717) is 0 Å². The minimum absolute atomic E-state index is 0.190. The number of carbonyl (C=O) groups excluding carboxylic acids is 2. The van der Waals surface area contributed by atoms with Gasteiger partial charge in [0.15, 0.2) is 0 Å². The number of benzene rings is 1. The smallest absolute Gasteiger partial charge is 0.325 e. The fourth-order valence-electron chi connectivity index (χ4n) is 1.40. The molecule has 1 rings (SSSR count). The molecule has 0 fully saturated rings. The SMILES string of the molecule is CC(NC(=O)/C(C#N)=C\NC(=O)c1ccccc1N)C(=O)O. The molecular formula is C14H14N4O4. The van der Waals surface area contributed by atoms with Gasteiger partial charge in [-0.25, -0.2) is 0 Å². The number of rotatable bonds is 5. The molecule has 22 heavy (non-hydrogen) atoms. The fraction of sp³-hybridized carbons (Fsp3) is 0.143. The second-order valence-corrected chi connectivity index (χ2v) is 4.26. The van der Waals surface area contributed by atoms with Gasteiger partial charge >= 0.3 is 5.97 Å². The van der Waals surface area contributed by atoms with Gasteiger partial charge in [-0.3, -0.25) is 14.4 Å². The van der Waals surface area contributed by atoms with E-state index >= 15 is 0 Å². The molecule has 0 aliphatic heterocycles. The minimum atomic E-state index is -1.24. The number of carbonyl (C=O) groups is 3. The summed E-state index contributed by atoms with van der Waals surface area (Å²) in [7, 11) is 0. The summed E-state index contributed by atoms with van der Waals surface area (Å²) < 4.78 is 0. The topological polar surface area (TPSA) is 145 Å². The summed E-state index contributed by atoms with van der Waals surface area (Å²) in [4.78, 5) is 34.2. The largest absolute Gasteiger partial charge is 0.480 e. The van der Waals surface area contributed by atoms with E-state index in [1.54, 1.807) is 18.2 Å². The Balaban J connectivity index is 2.80. The first-order valence-corrected chi connectivity index (χ1v) is 6.16. The lowest BCUT2D eigenvalue weighted by Crippen LogP contribution is -2.39. The summed E-state index contributed by atoms with van der Waals surface area (Å²) in [6.45, 7) is 1.25. The highest BCUT2D eigenvalue weighted by Gasteiger charge is 2.17. The predicted octanol–water partition coefficient (Wildman–Crippen LogP) is -0.00462. The zero-order valence-electron chi connectivity index (χ0n) is 11.7. The van der Waals surface area contributed by atoms with Crippen LogP contribution in [0.3, 0.4) is 0 Å². The Hall–Kier alpha value is -3.34. The maximum atomic E-state index is 11.9. The van der Waals surface area contributed by atoms with E-state index in [2.05, 4.69) is 10.6 Å². The van der Waals surface area contributed by atoms with E-state index in [-0.39, 0.29) is 11.3 Å². The van der Waals surface area contributed by atoms with Gasteiger partial charge in [0.2, 0.25) is 0 Å². The summed E-state index contributed by atoms with van der Waals surface area (Å²) >= 11 is 0. The maximum absolute atomic E-state index is 11.9. The lowest BCUT2D eigenvalue weighted by molar-refractivity contribution is -0.140. The summed E-state index contributed by atoms with van der Waals surface area (Å²) in [5, 5.41) is 21.9. The first-order valence-electron chi connectivity index (χ1n) is 6.16. The van der Waals surface area contributed by atoms with Crippen LogP contribution >= 0.6 is 0 Å². The van der Waals surface area contributed by atoms with E-state index in [4.69, 9.17) is 16.1 Å².